The van der Waals surface area contributed by atoms with E-state index in [4.69, 9.17) is 16.7 Å². The van der Waals surface area contributed by atoms with Gasteiger partial charge in [-0.05, 0) is 30.9 Å². The van der Waals surface area contributed by atoms with Crippen molar-refractivity contribution in [3.8, 4) is 0 Å². The van der Waals surface area contributed by atoms with E-state index >= 15 is 0 Å². The van der Waals surface area contributed by atoms with Gasteiger partial charge in [0.15, 0.2) is 0 Å². The quantitative estimate of drug-likeness (QED) is 0.747. The largest absolute Gasteiger partial charge is 0.396 e. The molecular weight excluding hydrogens is 253 g/mol. The molecule has 0 fully saturated rings. The minimum absolute atomic E-state index is 0.0387. The number of hydrogen-bond donors (Lipinski definition) is 2. The highest BCUT2D eigenvalue weighted by Gasteiger charge is 2.15. The summed E-state index contributed by atoms with van der Waals surface area (Å²) in [7, 11) is 0. The molecule has 1 aromatic carbocycles. The van der Waals surface area contributed by atoms with E-state index in [0.29, 0.717) is 12.1 Å². The lowest BCUT2D eigenvalue weighted by Crippen LogP contribution is -2.21. The van der Waals surface area contributed by atoms with Crippen molar-refractivity contribution < 1.29 is 9.50 Å². The van der Waals surface area contributed by atoms with Gasteiger partial charge in [-0.15, -0.1) is 0 Å². The molecule has 1 aromatic rings. The van der Waals surface area contributed by atoms with E-state index in [-0.39, 0.29) is 22.9 Å². The molecule has 0 aliphatic rings. The molecule has 0 spiro atoms. The SMILES string of the molecule is CC(C)(CO)CCCNCc1cccc(Cl)c1F. The highest BCUT2D eigenvalue weighted by atomic mass is 35.5. The van der Waals surface area contributed by atoms with Crippen LogP contribution in [-0.2, 0) is 6.54 Å². The van der Waals surface area contributed by atoms with Gasteiger partial charge >= 0.3 is 0 Å². The highest BCUT2D eigenvalue weighted by molar-refractivity contribution is 6.30. The van der Waals surface area contributed by atoms with Crippen molar-refractivity contribution >= 4 is 11.6 Å². The van der Waals surface area contributed by atoms with Crippen LogP contribution in [0.2, 0.25) is 5.02 Å². The molecule has 18 heavy (non-hydrogen) atoms. The average Bonchev–Trinajstić information content (AvgIpc) is 2.34. The van der Waals surface area contributed by atoms with Crippen molar-refractivity contribution in [3.05, 3.63) is 34.6 Å². The van der Waals surface area contributed by atoms with Crippen LogP contribution in [0.4, 0.5) is 4.39 Å². The van der Waals surface area contributed by atoms with Gasteiger partial charge in [-0.3, -0.25) is 0 Å². The van der Waals surface area contributed by atoms with Gasteiger partial charge in [0.1, 0.15) is 5.82 Å². The van der Waals surface area contributed by atoms with Crippen LogP contribution in [0.3, 0.4) is 0 Å². The monoisotopic (exact) mass is 273 g/mol. The first-order valence-electron chi connectivity index (χ1n) is 6.21. The zero-order valence-electron chi connectivity index (χ0n) is 11.0. The zero-order chi connectivity index (χ0) is 13.6. The molecule has 0 heterocycles. The van der Waals surface area contributed by atoms with Crippen molar-refractivity contribution in [1.82, 2.24) is 5.32 Å². The number of nitrogens with one attached hydrogen (secondary N) is 1. The summed E-state index contributed by atoms with van der Waals surface area (Å²) in [6, 6.07) is 5.02. The molecule has 2 N–H and O–H groups in total. The number of hydrogen-bond acceptors (Lipinski definition) is 2. The molecule has 0 radical (unpaired) electrons. The summed E-state index contributed by atoms with van der Waals surface area (Å²) in [4.78, 5) is 0. The summed E-state index contributed by atoms with van der Waals surface area (Å²) >= 11 is 5.70. The van der Waals surface area contributed by atoms with E-state index < -0.39 is 0 Å². The third-order valence-corrected chi connectivity index (χ3v) is 3.27. The summed E-state index contributed by atoms with van der Waals surface area (Å²) in [6.07, 6.45) is 1.89. The molecule has 1 rings (SSSR count). The Kier molecular flexibility index (Phi) is 6.06. The van der Waals surface area contributed by atoms with Gasteiger partial charge in [-0.25, -0.2) is 4.39 Å². The predicted octanol–water partition coefficient (Wildman–Crippen LogP) is 3.37. The van der Waals surface area contributed by atoms with Gasteiger partial charge in [0.05, 0.1) is 5.02 Å². The minimum atomic E-state index is -0.345. The van der Waals surface area contributed by atoms with Crippen LogP contribution in [0.15, 0.2) is 18.2 Å². The fourth-order valence-electron chi connectivity index (χ4n) is 1.68. The third-order valence-electron chi connectivity index (χ3n) is 2.98. The summed E-state index contributed by atoms with van der Waals surface area (Å²) in [5, 5.41) is 12.5. The number of aliphatic hydroxyl groups is 1. The van der Waals surface area contributed by atoms with E-state index in [9.17, 15) is 4.39 Å². The fourth-order valence-corrected chi connectivity index (χ4v) is 1.87. The molecule has 4 heteroatoms. The molecule has 0 amide bonds. The summed E-state index contributed by atoms with van der Waals surface area (Å²) in [6.45, 7) is 5.53. The predicted molar refractivity (Wildman–Crippen MR) is 73.2 cm³/mol. The number of rotatable bonds is 7. The van der Waals surface area contributed by atoms with Crippen LogP contribution in [-0.4, -0.2) is 18.3 Å². The second kappa shape index (κ2) is 7.07. The molecule has 0 saturated heterocycles. The summed E-state index contributed by atoms with van der Waals surface area (Å²) < 4.78 is 13.5. The van der Waals surface area contributed by atoms with Gasteiger partial charge in [-0.1, -0.05) is 37.6 Å². The Morgan fingerprint density at radius 2 is 2.11 bits per heavy atom. The Morgan fingerprint density at radius 3 is 2.78 bits per heavy atom. The topological polar surface area (TPSA) is 32.3 Å². The zero-order valence-corrected chi connectivity index (χ0v) is 11.7. The van der Waals surface area contributed by atoms with Crippen molar-refractivity contribution in [3.63, 3.8) is 0 Å². The van der Waals surface area contributed by atoms with Crippen LogP contribution < -0.4 is 5.32 Å². The van der Waals surface area contributed by atoms with E-state index in [2.05, 4.69) is 5.32 Å². The first kappa shape index (κ1) is 15.4. The van der Waals surface area contributed by atoms with Crippen LogP contribution in [0.5, 0.6) is 0 Å². The van der Waals surface area contributed by atoms with Gasteiger partial charge in [0.25, 0.3) is 0 Å². The van der Waals surface area contributed by atoms with Crippen molar-refractivity contribution in [2.45, 2.75) is 33.2 Å². The number of aliphatic hydroxyl groups excluding tert-OH is 1. The number of halogens is 2. The van der Waals surface area contributed by atoms with Crippen molar-refractivity contribution in [1.29, 1.82) is 0 Å². The molecule has 102 valence electrons. The van der Waals surface area contributed by atoms with Gasteiger partial charge < -0.3 is 10.4 Å². The Labute approximate surface area is 113 Å². The fraction of sp³-hybridized carbons (Fsp3) is 0.571. The summed E-state index contributed by atoms with van der Waals surface area (Å²) in [5.41, 5.74) is 0.548. The highest BCUT2D eigenvalue weighted by Crippen LogP contribution is 2.20. The first-order chi connectivity index (χ1) is 8.46. The average molecular weight is 274 g/mol. The van der Waals surface area contributed by atoms with Crippen LogP contribution >= 0.6 is 11.6 Å². The standard InChI is InChI=1S/C14H21ClFNO/c1-14(2,10-18)7-4-8-17-9-11-5-3-6-12(15)13(11)16/h3,5-6,17-18H,4,7-10H2,1-2H3. The first-order valence-corrected chi connectivity index (χ1v) is 6.58. The second-order valence-electron chi connectivity index (χ2n) is 5.32. The normalized spacial score (nSPS) is 11.8. The van der Waals surface area contributed by atoms with Crippen molar-refractivity contribution in [2.75, 3.05) is 13.2 Å². The van der Waals surface area contributed by atoms with Gasteiger partial charge in [-0.2, -0.15) is 0 Å². The number of benzene rings is 1. The molecule has 0 aliphatic carbocycles. The maximum absolute atomic E-state index is 13.5. The molecule has 0 saturated carbocycles. The molecule has 0 aliphatic heterocycles. The lowest BCUT2D eigenvalue weighted by Gasteiger charge is -2.21. The lowest BCUT2D eigenvalue weighted by atomic mass is 9.89. The van der Waals surface area contributed by atoms with E-state index in [1.165, 1.54) is 0 Å². The lowest BCUT2D eigenvalue weighted by molar-refractivity contribution is 0.148. The molecule has 0 atom stereocenters. The van der Waals surface area contributed by atoms with Crippen LogP contribution in [0.25, 0.3) is 0 Å². The van der Waals surface area contributed by atoms with Crippen LogP contribution in [0, 0.1) is 11.2 Å². The third kappa shape index (κ3) is 4.92. The molecule has 0 bridgehead atoms. The van der Waals surface area contributed by atoms with E-state index in [1.807, 2.05) is 13.8 Å². The van der Waals surface area contributed by atoms with E-state index in [1.54, 1.807) is 18.2 Å². The molecule has 0 unspecified atom stereocenters. The Hall–Kier alpha value is -0.640. The Bertz CT molecular complexity index is 382. The Balaban J connectivity index is 2.28. The summed E-state index contributed by atoms with van der Waals surface area (Å²) in [5.74, 6) is -0.345. The maximum atomic E-state index is 13.5. The molecule has 2 nitrogen and oxygen atoms in total. The Morgan fingerprint density at radius 1 is 1.39 bits per heavy atom. The second-order valence-corrected chi connectivity index (χ2v) is 5.72. The van der Waals surface area contributed by atoms with Crippen molar-refractivity contribution in [2.24, 2.45) is 5.41 Å². The maximum Gasteiger partial charge on any atom is 0.146 e. The molecule has 0 aromatic heterocycles. The smallest absolute Gasteiger partial charge is 0.146 e. The van der Waals surface area contributed by atoms with Gasteiger partial charge in [0.2, 0.25) is 0 Å². The minimum Gasteiger partial charge on any atom is -0.396 e. The van der Waals surface area contributed by atoms with Gasteiger partial charge in [0, 0.05) is 18.7 Å². The van der Waals surface area contributed by atoms with Crippen LogP contribution in [0.1, 0.15) is 32.3 Å². The van der Waals surface area contributed by atoms with E-state index in [0.717, 1.165) is 19.4 Å². The molecular formula is C14H21ClFNO.